The molecule has 7 heteroatoms. The first-order chi connectivity index (χ1) is 10.5. The third-order valence-corrected chi connectivity index (χ3v) is 4.74. The number of hydrogen-bond donors (Lipinski definition) is 2. The molecule has 23 heavy (non-hydrogen) atoms. The van der Waals surface area contributed by atoms with E-state index in [2.05, 4.69) is 10.6 Å². The van der Waals surface area contributed by atoms with Crippen molar-refractivity contribution in [3.63, 3.8) is 0 Å². The third-order valence-electron chi connectivity index (χ3n) is 4.12. The number of rotatable bonds is 5. The molecule has 0 aliphatic carbocycles. The Morgan fingerprint density at radius 2 is 2.00 bits per heavy atom. The molecule has 1 saturated heterocycles. The Morgan fingerprint density at radius 1 is 1.35 bits per heavy atom. The molecule has 1 aromatic rings. The lowest BCUT2D eigenvalue weighted by molar-refractivity contribution is -0.122. The zero-order valence-corrected chi connectivity index (χ0v) is 15.3. The molecular formula is C16H22Cl3FN2O. The predicted octanol–water partition coefficient (Wildman–Crippen LogP) is 4.51. The highest BCUT2D eigenvalue weighted by molar-refractivity contribution is 6.35. The molecule has 0 radical (unpaired) electrons. The Bertz CT molecular complexity index is 536. The summed E-state index contributed by atoms with van der Waals surface area (Å²) in [5.41, 5.74) is 0.541. The highest BCUT2D eigenvalue weighted by Gasteiger charge is 2.18. The molecule has 1 amide bonds. The van der Waals surface area contributed by atoms with Crippen molar-refractivity contribution in [2.75, 3.05) is 13.1 Å². The van der Waals surface area contributed by atoms with Gasteiger partial charge in [0, 0.05) is 11.4 Å². The van der Waals surface area contributed by atoms with Crippen LogP contribution < -0.4 is 10.6 Å². The number of nitrogens with one attached hydrogen (secondary N) is 2. The number of hydrogen-bond acceptors (Lipinski definition) is 2. The Balaban J connectivity index is 0.00000264. The van der Waals surface area contributed by atoms with Crippen LogP contribution in [0.15, 0.2) is 12.1 Å². The molecule has 1 atom stereocenters. The van der Waals surface area contributed by atoms with Gasteiger partial charge in [-0.05, 0) is 62.9 Å². The Labute approximate surface area is 152 Å². The summed E-state index contributed by atoms with van der Waals surface area (Å²) in [5.74, 6) is 0.0493. The molecule has 0 aromatic heterocycles. The average Bonchev–Trinajstić information content (AvgIpc) is 2.50. The van der Waals surface area contributed by atoms with E-state index in [4.69, 9.17) is 23.2 Å². The van der Waals surface area contributed by atoms with E-state index < -0.39 is 5.82 Å². The van der Waals surface area contributed by atoms with Gasteiger partial charge in [0.25, 0.3) is 0 Å². The molecular weight excluding hydrogens is 362 g/mol. The molecule has 1 heterocycles. The van der Waals surface area contributed by atoms with Gasteiger partial charge in [0.2, 0.25) is 5.91 Å². The lowest BCUT2D eigenvalue weighted by Crippen LogP contribution is -2.30. The Morgan fingerprint density at radius 3 is 2.65 bits per heavy atom. The molecule has 0 saturated carbocycles. The van der Waals surface area contributed by atoms with Gasteiger partial charge in [-0.2, -0.15) is 0 Å². The third kappa shape index (κ3) is 6.11. The molecule has 1 unspecified atom stereocenters. The fourth-order valence-corrected chi connectivity index (χ4v) is 3.31. The second kappa shape index (κ2) is 9.67. The van der Waals surface area contributed by atoms with Gasteiger partial charge in [0.15, 0.2) is 0 Å². The Hall–Kier alpha value is -0.550. The quantitative estimate of drug-likeness (QED) is 0.734. The van der Waals surface area contributed by atoms with Crippen molar-refractivity contribution in [1.82, 2.24) is 10.6 Å². The molecule has 0 spiro atoms. The van der Waals surface area contributed by atoms with Crippen molar-refractivity contribution in [3.8, 4) is 0 Å². The standard InChI is InChI=1S/C16H21Cl2FN2O.ClH/c1-10(12-8-15(19)14(18)9-13(12)17)21-16(22)3-2-11-4-6-20-7-5-11;/h8-11,20H,2-7H2,1H3,(H,21,22);1H. The lowest BCUT2D eigenvalue weighted by atomic mass is 9.93. The summed E-state index contributed by atoms with van der Waals surface area (Å²) in [6, 6.07) is 2.30. The number of carbonyl (C=O) groups excluding carboxylic acids is 1. The van der Waals surface area contributed by atoms with E-state index >= 15 is 0 Å². The van der Waals surface area contributed by atoms with Crippen molar-refractivity contribution >= 4 is 41.5 Å². The lowest BCUT2D eigenvalue weighted by Gasteiger charge is -2.22. The summed E-state index contributed by atoms with van der Waals surface area (Å²) in [6.07, 6.45) is 3.62. The van der Waals surface area contributed by atoms with Crippen LogP contribution in [0.2, 0.25) is 10.0 Å². The van der Waals surface area contributed by atoms with Crippen LogP contribution in [0.5, 0.6) is 0 Å². The molecule has 1 aromatic carbocycles. The van der Waals surface area contributed by atoms with Gasteiger partial charge in [-0.15, -0.1) is 12.4 Å². The Kier molecular flexibility index (Phi) is 8.62. The number of amides is 1. The summed E-state index contributed by atoms with van der Waals surface area (Å²) in [7, 11) is 0. The van der Waals surface area contributed by atoms with E-state index in [0.29, 0.717) is 22.9 Å². The second-order valence-corrected chi connectivity index (χ2v) is 6.62. The smallest absolute Gasteiger partial charge is 0.220 e. The van der Waals surface area contributed by atoms with E-state index in [1.165, 1.54) is 12.1 Å². The fraction of sp³-hybridized carbons (Fsp3) is 0.562. The van der Waals surface area contributed by atoms with Crippen molar-refractivity contribution in [3.05, 3.63) is 33.6 Å². The normalized spacial score (nSPS) is 16.5. The fourth-order valence-electron chi connectivity index (χ4n) is 2.77. The zero-order valence-electron chi connectivity index (χ0n) is 13.0. The predicted molar refractivity (Wildman–Crippen MR) is 95.1 cm³/mol. The van der Waals surface area contributed by atoms with Gasteiger partial charge in [0.1, 0.15) is 5.82 Å². The van der Waals surface area contributed by atoms with Crippen molar-refractivity contribution < 1.29 is 9.18 Å². The first-order valence-corrected chi connectivity index (χ1v) is 8.37. The van der Waals surface area contributed by atoms with Crippen molar-refractivity contribution in [2.24, 2.45) is 5.92 Å². The van der Waals surface area contributed by atoms with E-state index in [9.17, 15) is 9.18 Å². The van der Waals surface area contributed by atoms with E-state index in [-0.39, 0.29) is 29.4 Å². The molecule has 130 valence electrons. The minimum absolute atomic E-state index is 0. The van der Waals surface area contributed by atoms with Crippen molar-refractivity contribution in [1.29, 1.82) is 0 Å². The van der Waals surface area contributed by atoms with Crippen LogP contribution in [-0.4, -0.2) is 19.0 Å². The maximum Gasteiger partial charge on any atom is 0.220 e. The summed E-state index contributed by atoms with van der Waals surface area (Å²) in [6.45, 7) is 3.85. The van der Waals surface area contributed by atoms with E-state index in [1.807, 2.05) is 0 Å². The van der Waals surface area contributed by atoms with Gasteiger partial charge in [-0.3, -0.25) is 4.79 Å². The SMILES string of the molecule is CC(NC(=O)CCC1CCNCC1)c1cc(F)c(Cl)cc1Cl.Cl. The molecule has 3 nitrogen and oxygen atoms in total. The maximum absolute atomic E-state index is 13.5. The van der Waals surface area contributed by atoms with Crippen LogP contribution in [0.4, 0.5) is 4.39 Å². The molecule has 0 bridgehead atoms. The van der Waals surface area contributed by atoms with E-state index in [0.717, 1.165) is 32.4 Å². The maximum atomic E-state index is 13.5. The molecule has 2 rings (SSSR count). The van der Waals surface area contributed by atoms with Gasteiger partial charge >= 0.3 is 0 Å². The molecule has 1 fully saturated rings. The molecule has 1 aliphatic heterocycles. The number of carbonyl (C=O) groups is 1. The largest absolute Gasteiger partial charge is 0.350 e. The second-order valence-electron chi connectivity index (χ2n) is 5.81. The number of halogens is 4. The van der Waals surface area contributed by atoms with Gasteiger partial charge < -0.3 is 10.6 Å². The summed E-state index contributed by atoms with van der Waals surface area (Å²) in [5, 5.41) is 6.53. The van der Waals surface area contributed by atoms with Crippen LogP contribution in [0.25, 0.3) is 0 Å². The highest BCUT2D eigenvalue weighted by atomic mass is 35.5. The minimum atomic E-state index is -0.531. The zero-order chi connectivity index (χ0) is 16.1. The van der Waals surface area contributed by atoms with Crippen molar-refractivity contribution in [2.45, 2.75) is 38.6 Å². The number of piperidine rings is 1. The van der Waals surface area contributed by atoms with Crippen LogP contribution in [0.3, 0.4) is 0 Å². The monoisotopic (exact) mass is 382 g/mol. The van der Waals surface area contributed by atoms with Crippen LogP contribution in [-0.2, 0) is 4.79 Å². The first kappa shape index (κ1) is 20.5. The average molecular weight is 384 g/mol. The summed E-state index contributed by atoms with van der Waals surface area (Å²) in [4.78, 5) is 12.0. The van der Waals surface area contributed by atoms with Gasteiger partial charge in [-0.25, -0.2) is 4.39 Å². The summed E-state index contributed by atoms with van der Waals surface area (Å²) < 4.78 is 13.5. The van der Waals surface area contributed by atoms with Crippen LogP contribution in [0, 0.1) is 11.7 Å². The first-order valence-electron chi connectivity index (χ1n) is 7.62. The molecule has 2 N–H and O–H groups in total. The van der Waals surface area contributed by atoms with Crippen LogP contribution >= 0.6 is 35.6 Å². The van der Waals surface area contributed by atoms with Gasteiger partial charge in [-0.1, -0.05) is 23.2 Å². The molecule has 1 aliphatic rings. The highest BCUT2D eigenvalue weighted by Crippen LogP contribution is 2.28. The summed E-state index contributed by atoms with van der Waals surface area (Å²) >= 11 is 11.7. The van der Waals surface area contributed by atoms with E-state index in [1.54, 1.807) is 6.92 Å². The van der Waals surface area contributed by atoms with Crippen LogP contribution in [0.1, 0.15) is 44.2 Å². The minimum Gasteiger partial charge on any atom is -0.350 e. The number of benzene rings is 1. The van der Waals surface area contributed by atoms with Gasteiger partial charge in [0.05, 0.1) is 11.1 Å². The topological polar surface area (TPSA) is 41.1 Å².